The van der Waals surface area contributed by atoms with Crippen molar-refractivity contribution in [1.29, 1.82) is 0 Å². The molecule has 5 nitrogen and oxygen atoms in total. The number of carbonyl (C=O) groups is 1. The van der Waals surface area contributed by atoms with Crippen LogP contribution in [0.1, 0.15) is 16.1 Å². The number of amides is 1. The van der Waals surface area contributed by atoms with Crippen LogP contribution in [0, 0.1) is 12.7 Å². The fraction of sp³-hybridized carbons (Fsp3) is 0.111. The Morgan fingerprint density at radius 3 is 2.72 bits per heavy atom. The predicted molar refractivity (Wildman–Crippen MR) is 93.4 cm³/mol. The predicted octanol–water partition coefficient (Wildman–Crippen LogP) is 4.27. The van der Waals surface area contributed by atoms with Crippen molar-refractivity contribution < 1.29 is 13.9 Å². The normalized spacial score (nSPS) is 10.5. The summed E-state index contributed by atoms with van der Waals surface area (Å²) in [6, 6.07) is 12.7. The fourth-order valence-corrected chi connectivity index (χ4v) is 2.31. The summed E-state index contributed by atoms with van der Waals surface area (Å²) in [5.41, 5.74) is 1.42. The van der Waals surface area contributed by atoms with Gasteiger partial charge in [0.2, 0.25) is 0 Å². The minimum absolute atomic E-state index is 0.157. The highest BCUT2D eigenvalue weighted by Crippen LogP contribution is 2.17. The first-order valence-electron chi connectivity index (χ1n) is 7.50. The number of aryl methyl sites for hydroxylation is 1. The van der Waals surface area contributed by atoms with Crippen LogP contribution in [0.3, 0.4) is 0 Å². The first-order chi connectivity index (χ1) is 12.0. The molecular formula is C18H15ClFN3O2. The molecular weight excluding hydrogens is 345 g/mol. The maximum atomic E-state index is 13.1. The van der Waals surface area contributed by atoms with Crippen molar-refractivity contribution in [2.24, 2.45) is 0 Å². The Kier molecular flexibility index (Phi) is 5.00. The maximum Gasteiger partial charge on any atom is 0.276 e. The van der Waals surface area contributed by atoms with Crippen molar-refractivity contribution in [3.05, 3.63) is 76.8 Å². The molecule has 3 aromatic rings. The lowest BCUT2D eigenvalue weighted by molar-refractivity contribution is 0.102. The molecule has 0 bridgehead atoms. The number of rotatable bonds is 5. The number of aromatic nitrogens is 2. The zero-order valence-electron chi connectivity index (χ0n) is 13.4. The Morgan fingerprint density at radius 1 is 1.24 bits per heavy atom. The average molecular weight is 360 g/mol. The second kappa shape index (κ2) is 7.36. The maximum absolute atomic E-state index is 13.1. The van der Waals surface area contributed by atoms with Crippen molar-refractivity contribution >= 4 is 23.2 Å². The quantitative estimate of drug-likeness (QED) is 0.740. The second-order valence-electron chi connectivity index (χ2n) is 5.38. The van der Waals surface area contributed by atoms with Crippen molar-refractivity contribution in [3.8, 4) is 5.75 Å². The van der Waals surface area contributed by atoms with Gasteiger partial charge >= 0.3 is 0 Å². The van der Waals surface area contributed by atoms with Gasteiger partial charge in [-0.1, -0.05) is 11.6 Å². The van der Waals surface area contributed by atoms with E-state index in [1.54, 1.807) is 43.5 Å². The summed E-state index contributed by atoms with van der Waals surface area (Å²) in [5.74, 6) is -0.0769. The van der Waals surface area contributed by atoms with E-state index in [4.69, 9.17) is 16.3 Å². The summed E-state index contributed by atoms with van der Waals surface area (Å²) in [4.78, 5) is 12.2. The summed E-state index contributed by atoms with van der Waals surface area (Å²) in [5, 5.41) is 7.50. The van der Waals surface area contributed by atoms with E-state index < -0.39 is 0 Å². The molecule has 0 aliphatic rings. The number of hydrogen-bond acceptors (Lipinski definition) is 3. The van der Waals surface area contributed by atoms with Crippen molar-refractivity contribution in [3.63, 3.8) is 0 Å². The van der Waals surface area contributed by atoms with Crippen LogP contribution < -0.4 is 10.1 Å². The van der Waals surface area contributed by atoms with Crippen LogP contribution >= 0.6 is 11.6 Å². The Morgan fingerprint density at radius 2 is 2.00 bits per heavy atom. The van der Waals surface area contributed by atoms with Crippen LogP contribution in [-0.4, -0.2) is 15.7 Å². The van der Waals surface area contributed by atoms with E-state index in [1.165, 1.54) is 22.9 Å². The molecule has 0 unspecified atom stereocenters. The fourth-order valence-electron chi connectivity index (χ4n) is 2.18. The molecule has 128 valence electrons. The molecule has 0 atom stereocenters. The van der Waals surface area contributed by atoms with Gasteiger partial charge in [0.05, 0.1) is 0 Å². The van der Waals surface area contributed by atoms with Crippen LogP contribution in [0.4, 0.5) is 10.1 Å². The van der Waals surface area contributed by atoms with E-state index in [0.717, 1.165) is 0 Å². The smallest absolute Gasteiger partial charge is 0.276 e. The number of nitrogens with one attached hydrogen (secondary N) is 1. The Hall–Kier alpha value is -2.86. The summed E-state index contributed by atoms with van der Waals surface area (Å²) in [7, 11) is 0. The third-order valence-corrected chi connectivity index (χ3v) is 3.74. The Bertz CT molecular complexity index is 894. The lowest BCUT2D eigenvalue weighted by Crippen LogP contribution is -2.15. The summed E-state index contributed by atoms with van der Waals surface area (Å²) in [6.45, 7) is 1.88. The molecule has 0 fully saturated rings. The lowest BCUT2D eigenvalue weighted by Gasteiger charge is -2.07. The van der Waals surface area contributed by atoms with Crippen molar-refractivity contribution in [2.75, 3.05) is 5.32 Å². The number of nitrogens with zero attached hydrogens (tertiary/aromatic N) is 2. The monoisotopic (exact) mass is 359 g/mol. The molecule has 1 aromatic heterocycles. The zero-order chi connectivity index (χ0) is 17.8. The van der Waals surface area contributed by atoms with E-state index in [-0.39, 0.29) is 24.1 Å². The molecule has 0 saturated heterocycles. The third kappa shape index (κ3) is 4.36. The van der Waals surface area contributed by atoms with Gasteiger partial charge in [-0.15, -0.1) is 0 Å². The van der Waals surface area contributed by atoms with Crippen molar-refractivity contribution in [2.45, 2.75) is 13.7 Å². The summed E-state index contributed by atoms with van der Waals surface area (Å²) in [6.07, 6.45) is 1.64. The van der Waals surface area contributed by atoms with Crippen LogP contribution in [-0.2, 0) is 6.73 Å². The number of benzene rings is 2. The molecule has 0 aliphatic heterocycles. The molecule has 7 heteroatoms. The second-order valence-corrected chi connectivity index (χ2v) is 5.82. The van der Waals surface area contributed by atoms with Crippen LogP contribution in [0.15, 0.2) is 54.7 Å². The number of ether oxygens (including phenoxy) is 1. The average Bonchev–Trinajstić information content (AvgIpc) is 3.06. The van der Waals surface area contributed by atoms with Gasteiger partial charge in [0.1, 0.15) is 11.6 Å². The van der Waals surface area contributed by atoms with Gasteiger partial charge in [-0.2, -0.15) is 5.10 Å². The van der Waals surface area contributed by atoms with Gasteiger partial charge in [-0.25, -0.2) is 9.07 Å². The van der Waals surface area contributed by atoms with Crippen LogP contribution in [0.25, 0.3) is 0 Å². The van der Waals surface area contributed by atoms with Gasteiger partial charge < -0.3 is 10.1 Å². The molecule has 2 aromatic carbocycles. The molecule has 1 heterocycles. The standard InChI is InChI=1S/C18H15ClFN3O2/c1-12-10-14(20)4-7-16(12)21-18(24)17-8-9-23(22-17)11-25-15-5-2-13(19)3-6-15/h2-10H,11H2,1H3,(H,21,24). The van der Waals surface area contributed by atoms with E-state index >= 15 is 0 Å². The minimum atomic E-state index is -0.375. The number of halogens is 2. The number of carbonyl (C=O) groups excluding carboxylic acids is 1. The molecule has 0 saturated carbocycles. The van der Waals surface area contributed by atoms with Crippen molar-refractivity contribution in [1.82, 2.24) is 9.78 Å². The zero-order valence-corrected chi connectivity index (χ0v) is 14.1. The Balaban J connectivity index is 1.62. The Labute approximate surface area is 149 Å². The molecule has 1 N–H and O–H groups in total. The van der Waals surface area contributed by atoms with E-state index in [0.29, 0.717) is 22.0 Å². The first-order valence-corrected chi connectivity index (χ1v) is 7.88. The van der Waals surface area contributed by atoms with E-state index in [1.807, 2.05) is 0 Å². The summed E-state index contributed by atoms with van der Waals surface area (Å²) < 4.78 is 20.2. The highest BCUT2D eigenvalue weighted by molar-refractivity contribution is 6.30. The topological polar surface area (TPSA) is 56.2 Å². The summed E-state index contributed by atoms with van der Waals surface area (Å²) >= 11 is 5.81. The molecule has 0 radical (unpaired) electrons. The SMILES string of the molecule is Cc1cc(F)ccc1NC(=O)c1ccn(COc2ccc(Cl)cc2)n1. The van der Waals surface area contributed by atoms with Crippen LogP contribution in [0.2, 0.25) is 5.02 Å². The minimum Gasteiger partial charge on any atom is -0.471 e. The molecule has 1 amide bonds. The molecule has 0 aliphatic carbocycles. The highest BCUT2D eigenvalue weighted by atomic mass is 35.5. The van der Waals surface area contributed by atoms with Gasteiger partial charge in [-0.05, 0) is 61.0 Å². The van der Waals surface area contributed by atoms with Crippen LogP contribution in [0.5, 0.6) is 5.75 Å². The number of hydrogen-bond donors (Lipinski definition) is 1. The molecule has 0 spiro atoms. The lowest BCUT2D eigenvalue weighted by atomic mass is 10.2. The van der Waals surface area contributed by atoms with Gasteiger partial charge in [0.25, 0.3) is 5.91 Å². The highest BCUT2D eigenvalue weighted by Gasteiger charge is 2.11. The third-order valence-electron chi connectivity index (χ3n) is 3.49. The van der Waals surface area contributed by atoms with Gasteiger partial charge in [0, 0.05) is 16.9 Å². The van der Waals surface area contributed by atoms with Gasteiger partial charge in [-0.3, -0.25) is 4.79 Å². The number of anilines is 1. The molecule has 25 heavy (non-hydrogen) atoms. The van der Waals surface area contributed by atoms with E-state index in [2.05, 4.69) is 10.4 Å². The molecule has 3 rings (SSSR count). The first kappa shape index (κ1) is 17.0. The van der Waals surface area contributed by atoms with Gasteiger partial charge in [0.15, 0.2) is 12.4 Å². The largest absolute Gasteiger partial charge is 0.471 e. The van der Waals surface area contributed by atoms with E-state index in [9.17, 15) is 9.18 Å².